The molecular weight excluding hydrogens is 208 g/mol. The molecule has 0 spiro atoms. The summed E-state index contributed by atoms with van der Waals surface area (Å²) in [5.74, 6) is -3.79. The number of hydrogen-bond acceptors (Lipinski definition) is 5. The lowest BCUT2D eigenvalue weighted by Crippen LogP contribution is -2.46. The van der Waals surface area contributed by atoms with Crippen molar-refractivity contribution < 1.29 is 29.7 Å². The Labute approximate surface area is 84.9 Å². The maximum absolute atomic E-state index is 10.4. The van der Waals surface area contributed by atoms with Crippen molar-refractivity contribution in [2.45, 2.75) is 6.04 Å². The molecular formula is C7H12N2O6. The highest BCUT2D eigenvalue weighted by atomic mass is 16.4. The standard InChI is InChI=1S/C7H12N2O6/c8-4(7(14)15)1-9(2-5(10)11)3-6(12)13/h4H,1-3,8H2,(H,10,11)(H,12,13)(H,14,15)/t4-/m0/s1. The first-order chi connectivity index (χ1) is 6.82. The van der Waals surface area contributed by atoms with E-state index in [2.05, 4.69) is 0 Å². The molecule has 0 fully saturated rings. The Bertz CT molecular complexity index is 250. The van der Waals surface area contributed by atoms with Gasteiger partial charge in [0.2, 0.25) is 0 Å². The Balaban J connectivity index is 4.29. The summed E-state index contributed by atoms with van der Waals surface area (Å²) < 4.78 is 0. The normalized spacial score (nSPS) is 12.4. The first kappa shape index (κ1) is 13.3. The summed E-state index contributed by atoms with van der Waals surface area (Å²) in [6.07, 6.45) is 0. The van der Waals surface area contributed by atoms with Crippen LogP contribution in [0.25, 0.3) is 0 Å². The molecule has 8 nitrogen and oxygen atoms in total. The van der Waals surface area contributed by atoms with Crippen LogP contribution in [-0.4, -0.2) is 63.8 Å². The molecule has 0 aliphatic rings. The van der Waals surface area contributed by atoms with Gasteiger partial charge in [-0.15, -0.1) is 0 Å². The van der Waals surface area contributed by atoms with E-state index in [1.807, 2.05) is 0 Å². The maximum atomic E-state index is 10.4. The quantitative estimate of drug-likeness (QED) is 0.381. The van der Waals surface area contributed by atoms with E-state index < -0.39 is 37.0 Å². The lowest BCUT2D eigenvalue weighted by molar-refractivity contribution is -0.145. The molecule has 0 aliphatic heterocycles. The number of carbonyl (C=O) groups is 3. The lowest BCUT2D eigenvalue weighted by Gasteiger charge is -2.19. The van der Waals surface area contributed by atoms with Crippen molar-refractivity contribution in [1.82, 2.24) is 4.90 Å². The van der Waals surface area contributed by atoms with E-state index in [0.717, 1.165) is 4.90 Å². The summed E-state index contributed by atoms with van der Waals surface area (Å²) in [4.78, 5) is 31.9. The van der Waals surface area contributed by atoms with Crippen molar-refractivity contribution in [1.29, 1.82) is 0 Å². The van der Waals surface area contributed by atoms with Gasteiger partial charge < -0.3 is 21.1 Å². The van der Waals surface area contributed by atoms with Crippen LogP contribution in [0, 0.1) is 0 Å². The topological polar surface area (TPSA) is 141 Å². The van der Waals surface area contributed by atoms with Gasteiger partial charge in [0.1, 0.15) is 6.04 Å². The van der Waals surface area contributed by atoms with Gasteiger partial charge in [0.15, 0.2) is 0 Å². The molecule has 0 saturated carbocycles. The third-order valence-corrected chi connectivity index (χ3v) is 1.49. The van der Waals surface area contributed by atoms with Gasteiger partial charge in [-0.3, -0.25) is 19.3 Å². The highest BCUT2D eigenvalue weighted by Gasteiger charge is 2.20. The second-order valence-electron chi connectivity index (χ2n) is 2.90. The maximum Gasteiger partial charge on any atom is 0.321 e. The van der Waals surface area contributed by atoms with Gasteiger partial charge in [-0.2, -0.15) is 0 Å². The molecule has 0 unspecified atom stereocenters. The van der Waals surface area contributed by atoms with Crippen LogP contribution >= 0.6 is 0 Å². The van der Waals surface area contributed by atoms with E-state index in [4.69, 9.17) is 21.1 Å². The highest BCUT2D eigenvalue weighted by Crippen LogP contribution is 1.91. The number of hydrogen-bond donors (Lipinski definition) is 4. The Morgan fingerprint density at radius 1 is 1.07 bits per heavy atom. The molecule has 1 atom stereocenters. The number of nitrogens with two attached hydrogens (primary N) is 1. The van der Waals surface area contributed by atoms with Gasteiger partial charge in [-0.1, -0.05) is 0 Å². The van der Waals surface area contributed by atoms with Crippen LogP contribution in [0.2, 0.25) is 0 Å². The first-order valence-corrected chi connectivity index (χ1v) is 3.97. The molecule has 5 N–H and O–H groups in total. The van der Waals surface area contributed by atoms with Gasteiger partial charge in [-0.25, -0.2) is 0 Å². The highest BCUT2D eigenvalue weighted by molar-refractivity contribution is 5.75. The summed E-state index contributed by atoms with van der Waals surface area (Å²) in [5, 5.41) is 25.3. The van der Waals surface area contributed by atoms with Crippen molar-refractivity contribution in [3.8, 4) is 0 Å². The summed E-state index contributed by atoms with van der Waals surface area (Å²) in [6, 6.07) is -1.30. The summed E-state index contributed by atoms with van der Waals surface area (Å²) in [5.41, 5.74) is 5.14. The minimum atomic E-state index is -1.31. The van der Waals surface area contributed by atoms with Crippen molar-refractivity contribution in [2.24, 2.45) is 5.73 Å². The Morgan fingerprint density at radius 3 is 1.73 bits per heavy atom. The zero-order valence-corrected chi connectivity index (χ0v) is 7.79. The number of aliphatic carboxylic acids is 3. The molecule has 8 heteroatoms. The second-order valence-corrected chi connectivity index (χ2v) is 2.90. The summed E-state index contributed by atoms with van der Waals surface area (Å²) in [7, 11) is 0. The predicted molar refractivity (Wildman–Crippen MR) is 47.3 cm³/mol. The third-order valence-electron chi connectivity index (χ3n) is 1.49. The van der Waals surface area contributed by atoms with E-state index in [1.54, 1.807) is 0 Å². The fraction of sp³-hybridized carbons (Fsp3) is 0.571. The van der Waals surface area contributed by atoms with E-state index in [-0.39, 0.29) is 6.54 Å². The fourth-order valence-electron chi connectivity index (χ4n) is 0.924. The average Bonchev–Trinajstić information content (AvgIpc) is 2.00. The SMILES string of the molecule is N[C@@H](CN(CC(=O)O)CC(=O)O)C(=O)O. The predicted octanol–water partition coefficient (Wildman–Crippen LogP) is -2.13. The smallest absolute Gasteiger partial charge is 0.321 e. The monoisotopic (exact) mass is 220 g/mol. The molecule has 0 bridgehead atoms. The van der Waals surface area contributed by atoms with Gasteiger partial charge in [0, 0.05) is 6.54 Å². The van der Waals surface area contributed by atoms with E-state index in [0.29, 0.717) is 0 Å². The number of carboxylic acid groups (broad SMARTS) is 3. The first-order valence-electron chi connectivity index (χ1n) is 3.97. The van der Waals surface area contributed by atoms with Crippen LogP contribution in [0.3, 0.4) is 0 Å². The van der Waals surface area contributed by atoms with Crippen molar-refractivity contribution >= 4 is 17.9 Å². The van der Waals surface area contributed by atoms with Crippen molar-refractivity contribution in [3.05, 3.63) is 0 Å². The zero-order valence-electron chi connectivity index (χ0n) is 7.79. The Morgan fingerprint density at radius 2 is 1.47 bits per heavy atom. The third kappa shape index (κ3) is 6.41. The minimum absolute atomic E-state index is 0.325. The molecule has 86 valence electrons. The van der Waals surface area contributed by atoms with Crippen molar-refractivity contribution in [2.75, 3.05) is 19.6 Å². The molecule has 0 aromatic rings. The van der Waals surface area contributed by atoms with Gasteiger partial charge in [0.05, 0.1) is 13.1 Å². The number of carboxylic acids is 3. The van der Waals surface area contributed by atoms with Crippen molar-refractivity contribution in [3.63, 3.8) is 0 Å². The van der Waals surface area contributed by atoms with Crippen LogP contribution in [0.5, 0.6) is 0 Å². The average molecular weight is 220 g/mol. The minimum Gasteiger partial charge on any atom is -0.480 e. The van der Waals surface area contributed by atoms with Crippen LogP contribution in [0.15, 0.2) is 0 Å². The molecule has 15 heavy (non-hydrogen) atoms. The van der Waals surface area contributed by atoms with E-state index >= 15 is 0 Å². The van der Waals surface area contributed by atoms with E-state index in [1.165, 1.54) is 0 Å². The molecule has 0 saturated heterocycles. The molecule has 0 amide bonds. The molecule has 0 rings (SSSR count). The Hall–Kier alpha value is -1.67. The summed E-state index contributed by atoms with van der Waals surface area (Å²) >= 11 is 0. The largest absolute Gasteiger partial charge is 0.480 e. The number of nitrogens with zero attached hydrogens (tertiary/aromatic N) is 1. The molecule has 0 aliphatic carbocycles. The zero-order chi connectivity index (χ0) is 12.0. The summed E-state index contributed by atoms with van der Waals surface area (Å²) in [6.45, 7) is -1.45. The molecule has 0 aromatic heterocycles. The van der Waals surface area contributed by atoms with Gasteiger partial charge in [-0.05, 0) is 0 Å². The van der Waals surface area contributed by atoms with Crippen LogP contribution in [0.1, 0.15) is 0 Å². The van der Waals surface area contributed by atoms with Crippen LogP contribution in [-0.2, 0) is 14.4 Å². The lowest BCUT2D eigenvalue weighted by atomic mass is 10.3. The van der Waals surface area contributed by atoms with Gasteiger partial charge in [0.25, 0.3) is 0 Å². The van der Waals surface area contributed by atoms with Crippen LogP contribution < -0.4 is 5.73 Å². The molecule has 0 radical (unpaired) electrons. The van der Waals surface area contributed by atoms with E-state index in [9.17, 15) is 14.4 Å². The number of rotatable bonds is 7. The molecule has 0 aromatic carbocycles. The fourth-order valence-corrected chi connectivity index (χ4v) is 0.924. The van der Waals surface area contributed by atoms with Crippen LogP contribution in [0.4, 0.5) is 0 Å². The molecule has 0 heterocycles. The second kappa shape index (κ2) is 5.94. The Kier molecular flexibility index (Phi) is 5.27. The van der Waals surface area contributed by atoms with Gasteiger partial charge >= 0.3 is 17.9 Å².